The normalized spacial score (nSPS) is 14.4. The molecule has 0 aliphatic heterocycles. The summed E-state index contributed by atoms with van der Waals surface area (Å²) < 4.78 is 25.5. The van der Waals surface area contributed by atoms with Crippen molar-refractivity contribution in [2.45, 2.75) is 18.3 Å². The summed E-state index contributed by atoms with van der Waals surface area (Å²) in [5.74, 6) is -2.28. The molecule has 1 aromatic carbocycles. The van der Waals surface area contributed by atoms with Gasteiger partial charge in [-0.25, -0.2) is 17.9 Å². The minimum Gasteiger partial charge on any atom is -0.479 e. The van der Waals surface area contributed by atoms with Crippen LogP contribution < -0.4 is 4.72 Å². The predicted octanol–water partition coefficient (Wildman–Crippen LogP) is -0.150. The average molecular weight is 318 g/mol. The van der Waals surface area contributed by atoms with E-state index in [9.17, 15) is 28.4 Å². The topological polar surface area (TPSA) is 147 Å². The van der Waals surface area contributed by atoms with Crippen molar-refractivity contribution < 1.29 is 28.3 Å². The van der Waals surface area contributed by atoms with Gasteiger partial charge in [0, 0.05) is 18.2 Å². The fraction of sp³-hybridized carbons (Fsp3) is 0.364. The monoisotopic (exact) mass is 318 g/mol. The van der Waals surface area contributed by atoms with Crippen molar-refractivity contribution >= 4 is 21.7 Å². The zero-order chi connectivity index (χ0) is 16.3. The van der Waals surface area contributed by atoms with Crippen LogP contribution in [0.4, 0.5) is 5.69 Å². The van der Waals surface area contributed by atoms with Crippen LogP contribution in [0.25, 0.3) is 0 Å². The number of rotatable bonds is 7. The third kappa shape index (κ3) is 4.77. The van der Waals surface area contributed by atoms with Gasteiger partial charge in [-0.15, -0.1) is 0 Å². The Hall–Kier alpha value is -2.04. The van der Waals surface area contributed by atoms with Crippen LogP contribution >= 0.6 is 0 Å². The first-order valence-corrected chi connectivity index (χ1v) is 7.36. The second-order valence-electron chi connectivity index (χ2n) is 4.55. The predicted molar refractivity (Wildman–Crippen MR) is 72.0 cm³/mol. The quantitative estimate of drug-likeness (QED) is 0.468. The Labute approximate surface area is 120 Å². The Morgan fingerprint density at radius 1 is 1.43 bits per heavy atom. The number of para-hydroxylation sites is 1. The summed E-state index contributed by atoms with van der Waals surface area (Å²) in [6.07, 6.45) is 0. The molecule has 0 bridgehead atoms. The van der Waals surface area contributed by atoms with Crippen molar-refractivity contribution in [2.24, 2.45) is 0 Å². The summed E-state index contributed by atoms with van der Waals surface area (Å²) in [6, 6.07) is 5.30. The van der Waals surface area contributed by atoms with Crippen LogP contribution in [-0.2, 0) is 20.6 Å². The summed E-state index contributed by atoms with van der Waals surface area (Å²) in [6.45, 7) is 0.189. The zero-order valence-electron chi connectivity index (χ0n) is 11.0. The Morgan fingerprint density at radius 3 is 2.52 bits per heavy atom. The summed E-state index contributed by atoms with van der Waals surface area (Å²) in [7, 11) is -4.04. The molecule has 0 amide bonds. The lowest BCUT2D eigenvalue weighted by atomic mass is 10.1. The molecule has 3 N–H and O–H groups in total. The molecule has 0 heterocycles. The Balaban J connectivity index is 2.87. The largest absolute Gasteiger partial charge is 0.479 e. The van der Waals surface area contributed by atoms with Crippen LogP contribution in [0.3, 0.4) is 0 Å². The van der Waals surface area contributed by atoms with Crippen LogP contribution in [0.1, 0.15) is 12.5 Å². The number of sulfonamides is 1. The van der Waals surface area contributed by atoms with E-state index in [0.29, 0.717) is 0 Å². The lowest BCUT2D eigenvalue weighted by Gasteiger charge is -2.18. The maximum atomic E-state index is 11.8. The van der Waals surface area contributed by atoms with E-state index in [0.717, 1.165) is 13.0 Å². The van der Waals surface area contributed by atoms with E-state index in [1.807, 2.05) is 4.72 Å². The van der Waals surface area contributed by atoms with Crippen molar-refractivity contribution in [3.63, 3.8) is 0 Å². The first kappa shape index (κ1) is 17.0. The van der Waals surface area contributed by atoms with E-state index < -0.39 is 38.8 Å². The Kier molecular flexibility index (Phi) is 4.99. The van der Waals surface area contributed by atoms with Crippen LogP contribution in [0.2, 0.25) is 0 Å². The summed E-state index contributed by atoms with van der Waals surface area (Å²) in [4.78, 5) is 20.7. The maximum Gasteiger partial charge on any atom is 0.336 e. The highest BCUT2D eigenvalue weighted by atomic mass is 32.2. The first-order chi connectivity index (χ1) is 9.55. The van der Waals surface area contributed by atoms with Crippen LogP contribution in [0, 0.1) is 10.1 Å². The number of nitrogens with zero attached hydrogens (tertiary/aromatic N) is 1. The standard InChI is InChI=1S/C11H14N2O7S/c1-11(16,10(14)15)7-12-21(19,20)6-8-4-2-3-5-9(8)13(17)18/h2-5,12,16H,6-7H2,1H3,(H,14,15). The number of benzene rings is 1. The van der Waals surface area contributed by atoms with E-state index in [1.165, 1.54) is 18.2 Å². The molecule has 9 nitrogen and oxygen atoms in total. The SMILES string of the molecule is CC(O)(CNS(=O)(=O)Cc1ccccc1[N+](=O)[O-])C(=O)O. The molecular weight excluding hydrogens is 304 g/mol. The van der Waals surface area contributed by atoms with Crippen molar-refractivity contribution in [3.8, 4) is 0 Å². The number of nitro groups is 1. The number of aliphatic hydroxyl groups is 1. The van der Waals surface area contributed by atoms with Crippen LogP contribution in [-0.4, -0.2) is 41.7 Å². The molecule has 1 atom stereocenters. The van der Waals surface area contributed by atoms with Gasteiger partial charge in [0.2, 0.25) is 10.0 Å². The van der Waals surface area contributed by atoms with Gasteiger partial charge in [0.25, 0.3) is 5.69 Å². The molecule has 21 heavy (non-hydrogen) atoms. The van der Waals surface area contributed by atoms with E-state index in [1.54, 1.807) is 0 Å². The van der Waals surface area contributed by atoms with Gasteiger partial charge in [-0.05, 0) is 6.92 Å². The lowest BCUT2D eigenvalue weighted by Crippen LogP contribution is -2.46. The van der Waals surface area contributed by atoms with Gasteiger partial charge < -0.3 is 10.2 Å². The molecule has 0 saturated carbocycles. The molecule has 1 aromatic rings. The summed E-state index contributed by atoms with van der Waals surface area (Å²) >= 11 is 0. The highest BCUT2D eigenvalue weighted by Crippen LogP contribution is 2.19. The van der Waals surface area contributed by atoms with Gasteiger partial charge in [-0.1, -0.05) is 18.2 Å². The van der Waals surface area contributed by atoms with Gasteiger partial charge in [-0.3, -0.25) is 10.1 Å². The molecule has 0 radical (unpaired) electrons. The van der Waals surface area contributed by atoms with Gasteiger partial charge in [0.05, 0.1) is 10.7 Å². The van der Waals surface area contributed by atoms with Gasteiger partial charge in [-0.2, -0.15) is 0 Å². The number of carboxylic acid groups (broad SMARTS) is 1. The van der Waals surface area contributed by atoms with E-state index in [2.05, 4.69) is 0 Å². The Morgan fingerprint density at radius 2 is 2.00 bits per heavy atom. The molecule has 1 unspecified atom stereocenters. The number of aliphatic carboxylic acids is 1. The number of carbonyl (C=O) groups is 1. The minimum atomic E-state index is -4.04. The van der Waals surface area contributed by atoms with Gasteiger partial charge in [0.15, 0.2) is 5.60 Å². The average Bonchev–Trinajstić information content (AvgIpc) is 2.36. The first-order valence-electron chi connectivity index (χ1n) is 5.70. The van der Waals surface area contributed by atoms with Crippen LogP contribution in [0.5, 0.6) is 0 Å². The fourth-order valence-electron chi connectivity index (χ4n) is 1.39. The molecule has 0 fully saturated rings. The number of nitrogens with one attached hydrogen (secondary N) is 1. The van der Waals surface area contributed by atoms with E-state index >= 15 is 0 Å². The molecular formula is C11H14N2O7S. The molecule has 10 heteroatoms. The fourth-order valence-corrected chi connectivity index (χ4v) is 2.65. The van der Waals surface area contributed by atoms with Gasteiger partial charge >= 0.3 is 5.97 Å². The second-order valence-corrected chi connectivity index (χ2v) is 6.35. The second kappa shape index (κ2) is 6.16. The molecule has 0 aliphatic carbocycles. The highest BCUT2D eigenvalue weighted by Gasteiger charge is 2.32. The molecule has 0 spiro atoms. The van der Waals surface area contributed by atoms with Crippen molar-refractivity contribution in [1.82, 2.24) is 4.72 Å². The number of nitro benzene ring substituents is 1. The van der Waals surface area contributed by atoms with E-state index in [4.69, 9.17) is 5.11 Å². The molecule has 1 rings (SSSR count). The summed E-state index contributed by atoms with van der Waals surface area (Å²) in [5.41, 5.74) is -2.66. The maximum absolute atomic E-state index is 11.8. The molecule has 116 valence electrons. The Bertz CT molecular complexity index is 654. The van der Waals surface area contributed by atoms with Crippen molar-refractivity contribution in [2.75, 3.05) is 6.54 Å². The highest BCUT2D eigenvalue weighted by molar-refractivity contribution is 7.88. The zero-order valence-corrected chi connectivity index (χ0v) is 11.8. The molecule has 0 aromatic heterocycles. The van der Waals surface area contributed by atoms with E-state index in [-0.39, 0.29) is 11.3 Å². The molecule has 0 saturated heterocycles. The number of hydrogen-bond acceptors (Lipinski definition) is 6. The smallest absolute Gasteiger partial charge is 0.336 e. The van der Waals surface area contributed by atoms with Gasteiger partial charge in [0.1, 0.15) is 0 Å². The lowest BCUT2D eigenvalue weighted by molar-refractivity contribution is -0.385. The number of carboxylic acids is 1. The van der Waals surface area contributed by atoms with Crippen molar-refractivity contribution in [1.29, 1.82) is 0 Å². The number of hydrogen-bond donors (Lipinski definition) is 3. The minimum absolute atomic E-state index is 0.0371. The third-order valence-electron chi connectivity index (χ3n) is 2.63. The third-order valence-corrected chi connectivity index (χ3v) is 3.91. The molecule has 0 aliphatic rings. The van der Waals surface area contributed by atoms with Crippen LogP contribution in [0.15, 0.2) is 24.3 Å². The van der Waals surface area contributed by atoms with Crippen molar-refractivity contribution in [3.05, 3.63) is 39.9 Å². The summed E-state index contributed by atoms with van der Waals surface area (Å²) in [5, 5.41) is 28.9.